The number of hydrogen-bond donors (Lipinski definition) is 2. The van der Waals surface area contributed by atoms with Crippen molar-refractivity contribution in [3.05, 3.63) is 11.9 Å². The largest absolute Gasteiger partial charge is 0.384 e. The molecule has 0 radical (unpaired) electrons. The summed E-state index contributed by atoms with van der Waals surface area (Å²) in [6.45, 7) is 1.97. The number of methoxy groups -OCH3 is 1. The second-order valence-corrected chi connectivity index (χ2v) is 4.04. The number of nitrogens with one attached hydrogen (secondary N) is 1. The molecule has 0 spiro atoms. The maximum atomic E-state index is 5.70. The van der Waals surface area contributed by atoms with Crippen molar-refractivity contribution in [3.63, 3.8) is 0 Å². The molecule has 1 aromatic heterocycles. The van der Waals surface area contributed by atoms with E-state index in [0.29, 0.717) is 18.2 Å². The fourth-order valence-electron chi connectivity index (χ4n) is 1.83. The Bertz CT molecular complexity index is 366. The molecule has 2 heterocycles. The molecule has 1 fully saturated rings. The molecule has 1 atom stereocenters. The lowest BCUT2D eigenvalue weighted by molar-refractivity contribution is 0.120. The second kappa shape index (κ2) is 5.79. The first kappa shape index (κ1) is 12.1. The number of nitrogens with two attached hydrogens (primary N) is 1. The summed E-state index contributed by atoms with van der Waals surface area (Å²) in [7, 11) is 1.60. The van der Waals surface area contributed by atoms with Crippen molar-refractivity contribution in [1.29, 1.82) is 0 Å². The lowest BCUT2D eigenvalue weighted by Crippen LogP contribution is -2.19. The van der Waals surface area contributed by atoms with Gasteiger partial charge in [-0.3, -0.25) is 0 Å². The maximum absolute atomic E-state index is 5.70. The third-order valence-corrected chi connectivity index (χ3v) is 2.60. The zero-order chi connectivity index (χ0) is 12.1. The molecular formula is C11H18N4O2. The highest BCUT2D eigenvalue weighted by Gasteiger charge is 2.15. The van der Waals surface area contributed by atoms with E-state index in [-0.39, 0.29) is 6.10 Å². The second-order valence-electron chi connectivity index (χ2n) is 4.04. The van der Waals surface area contributed by atoms with E-state index in [4.69, 9.17) is 15.2 Å². The molecule has 6 heteroatoms. The van der Waals surface area contributed by atoms with Gasteiger partial charge in [-0.25, -0.2) is 9.97 Å². The molecule has 0 aromatic carbocycles. The topological polar surface area (TPSA) is 82.3 Å². The lowest BCUT2D eigenvalue weighted by Gasteiger charge is -2.12. The Morgan fingerprint density at radius 1 is 1.59 bits per heavy atom. The van der Waals surface area contributed by atoms with E-state index in [1.54, 1.807) is 13.2 Å². The Morgan fingerprint density at radius 2 is 2.47 bits per heavy atom. The number of rotatable bonds is 5. The molecule has 1 aromatic rings. The molecule has 0 aliphatic carbocycles. The van der Waals surface area contributed by atoms with Gasteiger partial charge in [0, 0.05) is 26.3 Å². The molecule has 17 heavy (non-hydrogen) atoms. The van der Waals surface area contributed by atoms with Gasteiger partial charge in [0.05, 0.1) is 6.10 Å². The Morgan fingerprint density at radius 3 is 3.18 bits per heavy atom. The van der Waals surface area contributed by atoms with E-state index < -0.39 is 0 Å². The van der Waals surface area contributed by atoms with Crippen molar-refractivity contribution in [2.24, 2.45) is 0 Å². The van der Waals surface area contributed by atoms with Crippen molar-refractivity contribution in [3.8, 4) is 0 Å². The van der Waals surface area contributed by atoms with E-state index in [1.165, 1.54) is 0 Å². The minimum absolute atomic E-state index is 0.275. The van der Waals surface area contributed by atoms with Gasteiger partial charge >= 0.3 is 0 Å². The fourth-order valence-corrected chi connectivity index (χ4v) is 1.83. The van der Waals surface area contributed by atoms with Crippen molar-refractivity contribution in [1.82, 2.24) is 9.97 Å². The van der Waals surface area contributed by atoms with Gasteiger partial charge in [-0.15, -0.1) is 0 Å². The summed E-state index contributed by atoms with van der Waals surface area (Å²) < 4.78 is 10.5. The van der Waals surface area contributed by atoms with Crippen LogP contribution in [0.4, 0.5) is 11.6 Å². The molecule has 0 amide bonds. The lowest BCUT2D eigenvalue weighted by atomic mass is 10.2. The first-order valence-electron chi connectivity index (χ1n) is 5.76. The Hall–Kier alpha value is -1.40. The van der Waals surface area contributed by atoms with E-state index in [9.17, 15) is 0 Å². The molecule has 2 rings (SSSR count). The predicted molar refractivity (Wildman–Crippen MR) is 64.6 cm³/mol. The summed E-state index contributed by atoms with van der Waals surface area (Å²) >= 11 is 0. The van der Waals surface area contributed by atoms with Gasteiger partial charge in [-0.05, 0) is 12.8 Å². The minimum atomic E-state index is 0.275. The predicted octanol–water partition coefficient (Wildman–Crippen LogP) is 0.796. The highest BCUT2D eigenvalue weighted by atomic mass is 16.5. The van der Waals surface area contributed by atoms with Crippen LogP contribution >= 0.6 is 0 Å². The van der Waals surface area contributed by atoms with Crippen LogP contribution in [-0.4, -0.2) is 36.3 Å². The van der Waals surface area contributed by atoms with Crippen molar-refractivity contribution in [2.45, 2.75) is 25.6 Å². The zero-order valence-corrected chi connectivity index (χ0v) is 9.98. The summed E-state index contributed by atoms with van der Waals surface area (Å²) in [5, 5.41) is 3.21. The number of nitrogen functional groups attached to an aromatic ring is 1. The van der Waals surface area contributed by atoms with Crippen molar-refractivity contribution in [2.75, 3.05) is 31.3 Å². The summed E-state index contributed by atoms with van der Waals surface area (Å²) in [6, 6.07) is 1.72. The minimum Gasteiger partial charge on any atom is -0.384 e. The molecular weight excluding hydrogens is 220 g/mol. The van der Waals surface area contributed by atoms with E-state index in [2.05, 4.69) is 15.3 Å². The molecule has 94 valence electrons. The molecule has 1 unspecified atom stereocenters. The van der Waals surface area contributed by atoms with Crippen LogP contribution in [0.1, 0.15) is 18.7 Å². The van der Waals surface area contributed by atoms with Crippen LogP contribution in [0.2, 0.25) is 0 Å². The van der Waals surface area contributed by atoms with E-state index in [0.717, 1.165) is 31.8 Å². The molecule has 1 saturated heterocycles. The van der Waals surface area contributed by atoms with Gasteiger partial charge in [-0.1, -0.05) is 0 Å². The van der Waals surface area contributed by atoms with Gasteiger partial charge < -0.3 is 20.5 Å². The van der Waals surface area contributed by atoms with Crippen LogP contribution in [0.3, 0.4) is 0 Å². The fraction of sp³-hybridized carbons (Fsp3) is 0.636. The summed E-state index contributed by atoms with van der Waals surface area (Å²) in [6.07, 6.45) is 2.50. The van der Waals surface area contributed by atoms with Crippen LogP contribution in [0.15, 0.2) is 6.07 Å². The van der Waals surface area contributed by atoms with Crippen LogP contribution in [0.25, 0.3) is 0 Å². The molecule has 3 N–H and O–H groups in total. The third kappa shape index (κ3) is 3.54. The third-order valence-electron chi connectivity index (χ3n) is 2.60. The van der Waals surface area contributed by atoms with Gasteiger partial charge in [0.2, 0.25) is 0 Å². The Balaban J connectivity index is 1.94. The number of ether oxygens (including phenoxy) is 2. The van der Waals surface area contributed by atoms with Gasteiger partial charge in [0.15, 0.2) is 5.82 Å². The summed E-state index contributed by atoms with van der Waals surface area (Å²) in [5.41, 5.74) is 5.70. The SMILES string of the molecule is COCc1nc(N)cc(NCC2CCCO2)n1. The van der Waals surface area contributed by atoms with Gasteiger partial charge in [0.25, 0.3) is 0 Å². The molecule has 0 saturated carbocycles. The van der Waals surface area contributed by atoms with Crippen molar-refractivity contribution >= 4 is 11.6 Å². The van der Waals surface area contributed by atoms with E-state index in [1.807, 2.05) is 0 Å². The smallest absolute Gasteiger partial charge is 0.158 e. The van der Waals surface area contributed by atoms with Crippen LogP contribution in [0, 0.1) is 0 Å². The Kier molecular flexibility index (Phi) is 4.11. The van der Waals surface area contributed by atoms with Gasteiger partial charge in [-0.2, -0.15) is 0 Å². The quantitative estimate of drug-likeness (QED) is 0.789. The van der Waals surface area contributed by atoms with Gasteiger partial charge in [0.1, 0.15) is 18.2 Å². The molecule has 1 aliphatic heterocycles. The maximum Gasteiger partial charge on any atom is 0.158 e. The van der Waals surface area contributed by atoms with Crippen LogP contribution in [0.5, 0.6) is 0 Å². The average Bonchev–Trinajstić information content (AvgIpc) is 2.79. The standard InChI is InChI=1S/C11H18N4O2/c1-16-7-11-14-9(12)5-10(15-11)13-6-8-3-2-4-17-8/h5,8H,2-4,6-7H2,1H3,(H3,12,13,14,15). The van der Waals surface area contributed by atoms with Crippen LogP contribution < -0.4 is 11.1 Å². The molecule has 0 bridgehead atoms. The normalized spacial score (nSPS) is 19.5. The van der Waals surface area contributed by atoms with Crippen molar-refractivity contribution < 1.29 is 9.47 Å². The summed E-state index contributed by atoms with van der Waals surface area (Å²) in [4.78, 5) is 8.38. The molecule has 6 nitrogen and oxygen atoms in total. The highest BCUT2D eigenvalue weighted by molar-refractivity contribution is 5.44. The van der Waals surface area contributed by atoms with E-state index >= 15 is 0 Å². The summed E-state index contributed by atoms with van der Waals surface area (Å²) in [5.74, 6) is 1.75. The number of anilines is 2. The number of hydrogen-bond acceptors (Lipinski definition) is 6. The zero-order valence-electron chi connectivity index (χ0n) is 9.98. The Labute approximate surface area is 101 Å². The number of nitrogens with zero attached hydrogens (tertiary/aromatic N) is 2. The monoisotopic (exact) mass is 238 g/mol. The number of aromatic nitrogens is 2. The molecule has 1 aliphatic rings. The van der Waals surface area contributed by atoms with Crippen LogP contribution in [-0.2, 0) is 16.1 Å². The first-order valence-corrected chi connectivity index (χ1v) is 5.76. The average molecular weight is 238 g/mol. The highest BCUT2D eigenvalue weighted by Crippen LogP contribution is 2.14. The first-order chi connectivity index (χ1) is 8.28.